The maximum atomic E-state index is 12.3. The predicted octanol–water partition coefficient (Wildman–Crippen LogP) is 0.971. The van der Waals surface area contributed by atoms with Gasteiger partial charge in [0.1, 0.15) is 0 Å². The van der Waals surface area contributed by atoms with Gasteiger partial charge in [-0.2, -0.15) is 4.31 Å². The summed E-state index contributed by atoms with van der Waals surface area (Å²) in [6.07, 6.45) is 1.58. The molecule has 0 aliphatic carbocycles. The van der Waals surface area contributed by atoms with Crippen LogP contribution in [0.25, 0.3) is 0 Å². The molecule has 0 bridgehead atoms. The normalized spacial score (nSPS) is 21.9. The summed E-state index contributed by atoms with van der Waals surface area (Å²) in [5, 5.41) is 0. The number of sulfonamides is 1. The van der Waals surface area contributed by atoms with E-state index in [4.69, 9.17) is 5.73 Å². The summed E-state index contributed by atoms with van der Waals surface area (Å²) in [5.74, 6) is 0. The molecule has 1 fully saturated rings. The highest BCUT2D eigenvalue weighted by atomic mass is 32.2. The molecule has 1 heterocycles. The van der Waals surface area contributed by atoms with Crippen LogP contribution < -0.4 is 5.73 Å². The average molecular weight is 254 g/mol. The first kappa shape index (κ1) is 12.5. The van der Waals surface area contributed by atoms with Gasteiger partial charge in [-0.05, 0) is 30.5 Å². The van der Waals surface area contributed by atoms with Crippen molar-refractivity contribution in [2.45, 2.75) is 30.7 Å². The van der Waals surface area contributed by atoms with Gasteiger partial charge in [0, 0.05) is 19.1 Å². The minimum atomic E-state index is -3.35. The Hall–Kier alpha value is -0.910. The molecule has 2 rings (SSSR count). The molecule has 1 aromatic rings. The van der Waals surface area contributed by atoms with Gasteiger partial charge in [-0.25, -0.2) is 8.42 Å². The van der Waals surface area contributed by atoms with Crippen molar-refractivity contribution in [1.82, 2.24) is 4.31 Å². The second-order valence-corrected chi connectivity index (χ2v) is 6.35. The van der Waals surface area contributed by atoms with E-state index in [2.05, 4.69) is 0 Å². The van der Waals surface area contributed by atoms with Crippen LogP contribution >= 0.6 is 0 Å². The largest absolute Gasteiger partial charge is 0.326 e. The van der Waals surface area contributed by atoms with Crippen LogP contribution in [0.3, 0.4) is 0 Å². The first-order valence-electron chi connectivity index (χ1n) is 5.88. The quantitative estimate of drug-likeness (QED) is 0.874. The van der Waals surface area contributed by atoms with E-state index in [-0.39, 0.29) is 6.04 Å². The molecule has 17 heavy (non-hydrogen) atoms. The highest BCUT2D eigenvalue weighted by Gasteiger charge is 2.30. The van der Waals surface area contributed by atoms with Gasteiger partial charge in [-0.1, -0.05) is 19.1 Å². The van der Waals surface area contributed by atoms with E-state index in [1.165, 1.54) is 4.31 Å². The Labute approximate surface area is 102 Å². The molecule has 1 aliphatic heterocycles. The summed E-state index contributed by atoms with van der Waals surface area (Å²) < 4.78 is 26.1. The van der Waals surface area contributed by atoms with E-state index >= 15 is 0 Å². The lowest BCUT2D eigenvalue weighted by molar-refractivity contribution is 0.472. The summed E-state index contributed by atoms with van der Waals surface area (Å²) in [5.41, 5.74) is 6.79. The minimum Gasteiger partial charge on any atom is -0.326 e. The van der Waals surface area contributed by atoms with Crippen molar-refractivity contribution in [3.05, 3.63) is 29.8 Å². The Morgan fingerprint density at radius 1 is 1.47 bits per heavy atom. The first-order chi connectivity index (χ1) is 8.04. The monoisotopic (exact) mass is 254 g/mol. The third kappa shape index (κ3) is 2.51. The molecule has 2 N–H and O–H groups in total. The van der Waals surface area contributed by atoms with E-state index in [0.29, 0.717) is 18.0 Å². The Morgan fingerprint density at radius 2 is 2.24 bits per heavy atom. The second kappa shape index (κ2) is 4.76. The molecule has 1 saturated heterocycles. The van der Waals surface area contributed by atoms with Crippen LogP contribution in [-0.2, 0) is 16.4 Å². The Bertz CT molecular complexity index is 499. The van der Waals surface area contributed by atoms with Gasteiger partial charge < -0.3 is 5.73 Å². The third-order valence-electron chi connectivity index (χ3n) is 3.13. The molecule has 1 aromatic carbocycles. The lowest BCUT2D eigenvalue weighted by Gasteiger charge is -2.16. The molecule has 1 atom stereocenters. The fourth-order valence-corrected chi connectivity index (χ4v) is 3.63. The molecule has 4 nitrogen and oxygen atoms in total. The molecule has 1 aliphatic rings. The maximum absolute atomic E-state index is 12.3. The number of rotatable bonds is 3. The summed E-state index contributed by atoms with van der Waals surface area (Å²) in [6.45, 7) is 2.97. The molecule has 0 amide bonds. The van der Waals surface area contributed by atoms with E-state index < -0.39 is 10.0 Å². The van der Waals surface area contributed by atoms with Crippen LogP contribution in [0.1, 0.15) is 18.9 Å². The van der Waals surface area contributed by atoms with Gasteiger partial charge in [0.05, 0.1) is 4.90 Å². The standard InChI is InChI=1S/C12H18N2O2S/c1-2-10-4-3-5-12(8-10)17(15,16)14-7-6-11(13)9-14/h3-5,8,11H,2,6-7,9,13H2,1H3/t11-/m1/s1. The highest BCUT2D eigenvalue weighted by Crippen LogP contribution is 2.21. The van der Waals surface area contributed by atoms with Crippen molar-refractivity contribution in [3.63, 3.8) is 0 Å². The van der Waals surface area contributed by atoms with E-state index in [1.807, 2.05) is 13.0 Å². The van der Waals surface area contributed by atoms with Gasteiger partial charge in [-0.15, -0.1) is 0 Å². The zero-order valence-electron chi connectivity index (χ0n) is 9.96. The van der Waals surface area contributed by atoms with Crippen molar-refractivity contribution >= 4 is 10.0 Å². The molecule has 94 valence electrons. The van der Waals surface area contributed by atoms with Crippen molar-refractivity contribution in [2.24, 2.45) is 5.73 Å². The lowest BCUT2D eigenvalue weighted by Crippen LogP contribution is -2.32. The van der Waals surface area contributed by atoms with Crippen LogP contribution in [0.5, 0.6) is 0 Å². The number of nitrogens with two attached hydrogens (primary N) is 1. The number of nitrogens with zero attached hydrogens (tertiary/aromatic N) is 1. The van der Waals surface area contributed by atoms with E-state index in [0.717, 1.165) is 18.4 Å². The van der Waals surface area contributed by atoms with Crippen LogP contribution in [0.4, 0.5) is 0 Å². The van der Waals surface area contributed by atoms with Crippen LogP contribution in [0.15, 0.2) is 29.2 Å². The van der Waals surface area contributed by atoms with Gasteiger partial charge >= 0.3 is 0 Å². The van der Waals surface area contributed by atoms with Crippen molar-refractivity contribution in [2.75, 3.05) is 13.1 Å². The molecule has 0 aromatic heterocycles. The maximum Gasteiger partial charge on any atom is 0.243 e. The van der Waals surface area contributed by atoms with E-state index in [9.17, 15) is 8.42 Å². The molecule has 0 spiro atoms. The molecular formula is C12H18N2O2S. The van der Waals surface area contributed by atoms with Crippen molar-refractivity contribution < 1.29 is 8.42 Å². The summed E-state index contributed by atoms with van der Waals surface area (Å²) in [6, 6.07) is 7.10. The van der Waals surface area contributed by atoms with Gasteiger partial charge in [0.15, 0.2) is 0 Å². The van der Waals surface area contributed by atoms with Crippen LogP contribution in [0, 0.1) is 0 Å². The topological polar surface area (TPSA) is 63.4 Å². The van der Waals surface area contributed by atoms with Crippen molar-refractivity contribution in [3.8, 4) is 0 Å². The third-order valence-corrected chi connectivity index (χ3v) is 4.99. The lowest BCUT2D eigenvalue weighted by atomic mass is 10.2. The van der Waals surface area contributed by atoms with E-state index in [1.54, 1.807) is 18.2 Å². The average Bonchev–Trinajstić information content (AvgIpc) is 2.76. The van der Waals surface area contributed by atoms with Gasteiger partial charge in [-0.3, -0.25) is 0 Å². The molecular weight excluding hydrogens is 236 g/mol. The summed E-state index contributed by atoms with van der Waals surface area (Å²) in [7, 11) is -3.35. The predicted molar refractivity (Wildman–Crippen MR) is 67.2 cm³/mol. The molecule has 0 saturated carbocycles. The number of hydrogen-bond donors (Lipinski definition) is 1. The zero-order chi connectivity index (χ0) is 12.5. The first-order valence-corrected chi connectivity index (χ1v) is 7.32. The Balaban J connectivity index is 2.31. The van der Waals surface area contributed by atoms with Gasteiger partial charge in [0.25, 0.3) is 0 Å². The summed E-state index contributed by atoms with van der Waals surface area (Å²) in [4.78, 5) is 0.381. The fourth-order valence-electron chi connectivity index (χ4n) is 2.05. The molecule has 0 radical (unpaired) electrons. The number of aryl methyl sites for hydroxylation is 1. The number of benzene rings is 1. The van der Waals surface area contributed by atoms with Gasteiger partial charge in [0.2, 0.25) is 10.0 Å². The zero-order valence-corrected chi connectivity index (χ0v) is 10.8. The number of hydrogen-bond acceptors (Lipinski definition) is 3. The molecule has 5 heteroatoms. The highest BCUT2D eigenvalue weighted by molar-refractivity contribution is 7.89. The summed E-state index contributed by atoms with van der Waals surface area (Å²) >= 11 is 0. The fraction of sp³-hybridized carbons (Fsp3) is 0.500. The van der Waals surface area contributed by atoms with Crippen molar-refractivity contribution in [1.29, 1.82) is 0 Å². The minimum absolute atomic E-state index is 0.0286. The smallest absolute Gasteiger partial charge is 0.243 e. The van der Waals surface area contributed by atoms with Crippen LogP contribution in [-0.4, -0.2) is 31.9 Å². The Morgan fingerprint density at radius 3 is 2.82 bits per heavy atom. The van der Waals surface area contributed by atoms with Crippen LogP contribution in [0.2, 0.25) is 0 Å². The molecule has 0 unspecified atom stereocenters. The SMILES string of the molecule is CCc1cccc(S(=O)(=O)N2CC[C@@H](N)C2)c1. The Kier molecular flexibility index (Phi) is 3.51. The second-order valence-electron chi connectivity index (χ2n) is 4.41.